The number of nitrogens with one attached hydrogen (secondary N) is 1. The minimum atomic E-state index is -0.718. The molecule has 2 fully saturated rings. The molecule has 3 N–H and O–H groups in total. The Hall–Kier alpha value is -0.650. The summed E-state index contributed by atoms with van der Waals surface area (Å²) in [5.74, 6) is 0.568. The van der Waals surface area contributed by atoms with Gasteiger partial charge in [-0.05, 0) is 31.6 Å². The van der Waals surface area contributed by atoms with Gasteiger partial charge in [0.15, 0.2) is 0 Å². The van der Waals surface area contributed by atoms with Crippen molar-refractivity contribution < 1.29 is 14.3 Å². The predicted molar refractivity (Wildman–Crippen MR) is 63.5 cm³/mol. The summed E-state index contributed by atoms with van der Waals surface area (Å²) in [4.78, 5) is 12.0. The molecule has 0 aromatic rings. The Morgan fingerprint density at radius 2 is 2.06 bits per heavy atom. The van der Waals surface area contributed by atoms with Gasteiger partial charge in [-0.15, -0.1) is 0 Å². The highest BCUT2D eigenvalue weighted by Crippen LogP contribution is 2.18. The molecule has 5 heteroatoms. The number of amides is 1. The summed E-state index contributed by atoms with van der Waals surface area (Å²) in [7, 11) is 0. The summed E-state index contributed by atoms with van der Waals surface area (Å²) in [5.41, 5.74) is 5.36. The molecule has 2 aliphatic heterocycles. The van der Waals surface area contributed by atoms with E-state index in [0.29, 0.717) is 38.5 Å². The first-order chi connectivity index (χ1) is 8.21. The normalized spacial score (nSPS) is 27.9. The van der Waals surface area contributed by atoms with Crippen molar-refractivity contribution in [1.82, 2.24) is 5.32 Å². The number of nitrogens with two attached hydrogens (primary N) is 1. The molecule has 98 valence electrons. The summed E-state index contributed by atoms with van der Waals surface area (Å²) in [5, 5.41) is 2.94. The minimum absolute atomic E-state index is 0.0280. The molecule has 0 aromatic heterocycles. The third-order valence-electron chi connectivity index (χ3n) is 3.70. The number of hydrogen-bond acceptors (Lipinski definition) is 4. The molecule has 0 bridgehead atoms. The molecule has 0 radical (unpaired) electrons. The third-order valence-corrected chi connectivity index (χ3v) is 3.70. The van der Waals surface area contributed by atoms with Crippen molar-refractivity contribution in [2.45, 2.75) is 31.2 Å². The van der Waals surface area contributed by atoms with Crippen LogP contribution in [0, 0.1) is 5.92 Å². The van der Waals surface area contributed by atoms with Gasteiger partial charge in [0.2, 0.25) is 5.91 Å². The Balaban J connectivity index is 1.68. The zero-order valence-electron chi connectivity index (χ0n) is 10.2. The molecule has 5 nitrogen and oxygen atoms in total. The van der Waals surface area contributed by atoms with Crippen molar-refractivity contribution in [3.63, 3.8) is 0 Å². The van der Waals surface area contributed by atoms with E-state index in [9.17, 15) is 4.79 Å². The first kappa shape index (κ1) is 12.8. The monoisotopic (exact) mass is 242 g/mol. The third kappa shape index (κ3) is 3.40. The van der Waals surface area contributed by atoms with Crippen molar-refractivity contribution in [1.29, 1.82) is 0 Å². The molecule has 1 atom stereocenters. The average molecular weight is 242 g/mol. The van der Waals surface area contributed by atoms with Crippen molar-refractivity contribution in [3.8, 4) is 0 Å². The molecule has 2 saturated heterocycles. The van der Waals surface area contributed by atoms with Crippen molar-refractivity contribution in [2.24, 2.45) is 11.7 Å². The fourth-order valence-electron chi connectivity index (χ4n) is 2.34. The van der Waals surface area contributed by atoms with Crippen molar-refractivity contribution in [2.75, 3.05) is 33.0 Å². The number of ether oxygens (including phenoxy) is 2. The van der Waals surface area contributed by atoms with E-state index in [4.69, 9.17) is 15.2 Å². The van der Waals surface area contributed by atoms with Crippen LogP contribution in [0.4, 0.5) is 0 Å². The van der Waals surface area contributed by atoms with E-state index in [0.717, 1.165) is 26.1 Å². The Labute approximate surface area is 102 Å². The minimum Gasteiger partial charge on any atom is -0.381 e. The first-order valence-corrected chi connectivity index (χ1v) is 6.43. The number of carbonyl (C=O) groups is 1. The van der Waals surface area contributed by atoms with Crippen LogP contribution in [0.3, 0.4) is 0 Å². The van der Waals surface area contributed by atoms with Gasteiger partial charge in [0.05, 0.1) is 5.54 Å². The Morgan fingerprint density at radius 1 is 1.29 bits per heavy atom. The fraction of sp³-hybridized carbons (Fsp3) is 0.917. The molecule has 1 unspecified atom stereocenters. The van der Waals surface area contributed by atoms with Crippen LogP contribution >= 0.6 is 0 Å². The second kappa shape index (κ2) is 5.80. The van der Waals surface area contributed by atoms with Gasteiger partial charge in [0.1, 0.15) is 0 Å². The molecule has 0 aliphatic carbocycles. The number of hydrogen-bond donors (Lipinski definition) is 2. The van der Waals surface area contributed by atoms with Crippen LogP contribution in [-0.2, 0) is 14.3 Å². The molecule has 2 rings (SSSR count). The van der Waals surface area contributed by atoms with E-state index in [1.807, 2.05) is 0 Å². The van der Waals surface area contributed by atoms with E-state index < -0.39 is 5.54 Å². The number of carbonyl (C=O) groups excluding carboxylic acids is 1. The predicted octanol–water partition coefficient (Wildman–Crippen LogP) is 0.0371. The molecular weight excluding hydrogens is 220 g/mol. The fourth-order valence-corrected chi connectivity index (χ4v) is 2.34. The quantitative estimate of drug-likeness (QED) is 0.730. The smallest absolute Gasteiger partial charge is 0.240 e. The summed E-state index contributed by atoms with van der Waals surface area (Å²) < 4.78 is 10.5. The second-order valence-corrected chi connectivity index (χ2v) is 5.04. The van der Waals surface area contributed by atoms with Gasteiger partial charge < -0.3 is 20.5 Å². The van der Waals surface area contributed by atoms with Crippen molar-refractivity contribution >= 4 is 5.91 Å². The SMILES string of the molecule is NC1(C(=O)NCCC2CCOC2)CCOCC1. The molecular formula is C12H22N2O3. The van der Waals surface area contributed by atoms with Gasteiger partial charge in [-0.1, -0.05) is 0 Å². The Morgan fingerprint density at radius 3 is 2.71 bits per heavy atom. The van der Waals surface area contributed by atoms with Crippen LogP contribution in [0.1, 0.15) is 25.7 Å². The van der Waals surface area contributed by atoms with Crippen LogP contribution in [0.2, 0.25) is 0 Å². The summed E-state index contributed by atoms with van der Waals surface area (Å²) in [6.45, 7) is 3.56. The van der Waals surface area contributed by atoms with Gasteiger partial charge in [-0.3, -0.25) is 4.79 Å². The van der Waals surface area contributed by atoms with Crippen LogP contribution in [-0.4, -0.2) is 44.4 Å². The van der Waals surface area contributed by atoms with E-state index in [1.165, 1.54) is 0 Å². The second-order valence-electron chi connectivity index (χ2n) is 5.04. The standard InChI is InChI=1S/C12H22N2O3/c13-12(3-7-16-8-4-12)11(15)14-5-1-10-2-6-17-9-10/h10H,1-9,13H2,(H,14,15). The highest BCUT2D eigenvalue weighted by atomic mass is 16.5. The summed E-state index contributed by atoms with van der Waals surface area (Å²) >= 11 is 0. The van der Waals surface area contributed by atoms with E-state index in [2.05, 4.69) is 5.32 Å². The van der Waals surface area contributed by atoms with Crippen LogP contribution in [0.15, 0.2) is 0 Å². The van der Waals surface area contributed by atoms with Crippen LogP contribution in [0.25, 0.3) is 0 Å². The maximum absolute atomic E-state index is 12.0. The average Bonchev–Trinajstić information content (AvgIpc) is 2.83. The molecule has 0 saturated carbocycles. The van der Waals surface area contributed by atoms with Crippen molar-refractivity contribution in [3.05, 3.63) is 0 Å². The zero-order valence-corrected chi connectivity index (χ0v) is 10.2. The van der Waals surface area contributed by atoms with Gasteiger partial charge in [0.25, 0.3) is 0 Å². The molecule has 2 heterocycles. The lowest BCUT2D eigenvalue weighted by atomic mass is 9.90. The van der Waals surface area contributed by atoms with Gasteiger partial charge in [0, 0.05) is 33.0 Å². The first-order valence-electron chi connectivity index (χ1n) is 6.43. The summed E-state index contributed by atoms with van der Waals surface area (Å²) in [6.07, 6.45) is 3.33. The maximum atomic E-state index is 12.0. The van der Waals surface area contributed by atoms with Crippen LogP contribution in [0.5, 0.6) is 0 Å². The molecule has 17 heavy (non-hydrogen) atoms. The van der Waals surface area contributed by atoms with Crippen LogP contribution < -0.4 is 11.1 Å². The topological polar surface area (TPSA) is 73.6 Å². The summed E-state index contributed by atoms with van der Waals surface area (Å²) in [6, 6.07) is 0. The largest absolute Gasteiger partial charge is 0.381 e. The highest BCUT2D eigenvalue weighted by Gasteiger charge is 2.35. The van der Waals surface area contributed by atoms with E-state index in [-0.39, 0.29) is 5.91 Å². The van der Waals surface area contributed by atoms with E-state index >= 15 is 0 Å². The molecule has 2 aliphatic rings. The van der Waals surface area contributed by atoms with Gasteiger partial charge >= 0.3 is 0 Å². The van der Waals surface area contributed by atoms with E-state index in [1.54, 1.807) is 0 Å². The van der Waals surface area contributed by atoms with Gasteiger partial charge in [-0.2, -0.15) is 0 Å². The highest BCUT2D eigenvalue weighted by molar-refractivity contribution is 5.86. The zero-order chi connectivity index (χ0) is 12.1. The number of rotatable bonds is 4. The molecule has 0 spiro atoms. The lowest BCUT2D eigenvalue weighted by Gasteiger charge is -2.31. The lowest BCUT2D eigenvalue weighted by molar-refractivity contribution is -0.129. The lowest BCUT2D eigenvalue weighted by Crippen LogP contribution is -2.57. The maximum Gasteiger partial charge on any atom is 0.240 e. The molecule has 1 amide bonds. The Kier molecular flexibility index (Phi) is 4.36. The van der Waals surface area contributed by atoms with Gasteiger partial charge in [-0.25, -0.2) is 0 Å². The Bertz CT molecular complexity index is 258. The molecule has 0 aromatic carbocycles.